The van der Waals surface area contributed by atoms with Gasteiger partial charge in [-0.05, 0) is 49.1 Å². The van der Waals surface area contributed by atoms with E-state index in [0.29, 0.717) is 30.3 Å². The van der Waals surface area contributed by atoms with Crippen molar-refractivity contribution in [2.45, 2.75) is 79.4 Å². The van der Waals surface area contributed by atoms with Crippen LogP contribution < -0.4 is 23.2 Å². The van der Waals surface area contributed by atoms with Crippen molar-refractivity contribution in [2.24, 2.45) is 11.3 Å². The molecule has 198 valence electrons. The number of aryl methyl sites for hydroxylation is 1. The molecule has 2 aromatic heterocycles. The summed E-state index contributed by atoms with van der Waals surface area (Å²) in [5.74, 6) is 0.747. The molecule has 0 amide bonds. The van der Waals surface area contributed by atoms with Gasteiger partial charge < -0.3 is 27.3 Å². The largest absolute Gasteiger partial charge is 0.392 e. The van der Waals surface area contributed by atoms with E-state index in [2.05, 4.69) is 32.8 Å². The lowest BCUT2D eigenvalue weighted by Gasteiger charge is -2.34. The van der Waals surface area contributed by atoms with Crippen LogP contribution in [0.2, 0.25) is 0 Å². The van der Waals surface area contributed by atoms with E-state index in [1.54, 1.807) is 16.9 Å². The van der Waals surface area contributed by atoms with Gasteiger partial charge in [0.05, 0.1) is 23.5 Å². The Kier molecular flexibility index (Phi) is 9.51. The Labute approximate surface area is 214 Å². The van der Waals surface area contributed by atoms with Gasteiger partial charge >= 0.3 is 0 Å². The molecule has 8 N–H and O–H groups in total. The first kappa shape index (κ1) is 29.1. The standard InChI is InChI=1S/C28H41N5O2.H3N/c1-7-15-28(5,6)18(3)17-23(34)19(4)32-16-14-22(25(29)27(32)35)33-26(30)24(21(8-2)31-33)20-12-10-9-11-13-20;/h9-14,16,18-19,23,34H,7-8,15,17,29-30H2,1-6H3;1H3. The summed E-state index contributed by atoms with van der Waals surface area (Å²) in [4.78, 5) is 13.3. The van der Waals surface area contributed by atoms with E-state index in [9.17, 15) is 9.90 Å². The number of anilines is 2. The quantitative estimate of drug-likeness (QED) is 0.297. The third-order valence-electron chi connectivity index (χ3n) is 7.57. The molecule has 8 nitrogen and oxygen atoms in total. The number of pyridine rings is 1. The minimum Gasteiger partial charge on any atom is -0.392 e. The van der Waals surface area contributed by atoms with Crippen molar-refractivity contribution in [3.63, 3.8) is 0 Å². The first-order valence-electron chi connectivity index (χ1n) is 12.6. The first-order chi connectivity index (χ1) is 16.5. The van der Waals surface area contributed by atoms with Crippen molar-refractivity contribution in [1.29, 1.82) is 0 Å². The van der Waals surface area contributed by atoms with Gasteiger partial charge in [-0.1, -0.05) is 71.4 Å². The smallest absolute Gasteiger partial charge is 0.276 e. The van der Waals surface area contributed by atoms with E-state index in [0.717, 1.165) is 29.7 Å². The zero-order valence-corrected chi connectivity index (χ0v) is 22.7. The fraction of sp³-hybridized carbons (Fsp3) is 0.500. The van der Waals surface area contributed by atoms with Gasteiger partial charge in [0.1, 0.15) is 11.5 Å². The molecule has 3 aromatic rings. The van der Waals surface area contributed by atoms with E-state index in [1.807, 2.05) is 44.2 Å². The van der Waals surface area contributed by atoms with Crippen LogP contribution >= 0.6 is 0 Å². The van der Waals surface area contributed by atoms with Crippen molar-refractivity contribution < 1.29 is 5.11 Å². The summed E-state index contributed by atoms with van der Waals surface area (Å²) in [5, 5.41) is 15.7. The fourth-order valence-electron chi connectivity index (χ4n) is 4.85. The lowest BCUT2D eigenvalue weighted by Crippen LogP contribution is -2.35. The van der Waals surface area contributed by atoms with Crippen LogP contribution in [-0.4, -0.2) is 25.6 Å². The summed E-state index contributed by atoms with van der Waals surface area (Å²) in [7, 11) is 0. The van der Waals surface area contributed by atoms with E-state index < -0.39 is 12.1 Å². The summed E-state index contributed by atoms with van der Waals surface area (Å²) in [6.45, 7) is 12.7. The molecule has 3 unspecified atom stereocenters. The molecule has 8 heteroatoms. The molecule has 0 bridgehead atoms. The predicted octanol–water partition coefficient (Wildman–Crippen LogP) is 5.36. The molecule has 0 radical (unpaired) electrons. The SMILES string of the molecule is CCCC(C)(C)C(C)CC(O)C(C)n1ccc(-n2nc(CC)c(-c3ccccc3)c2N)c(N)c1=O.N. The molecule has 0 aliphatic carbocycles. The van der Waals surface area contributed by atoms with Crippen molar-refractivity contribution in [3.05, 3.63) is 58.6 Å². The van der Waals surface area contributed by atoms with Gasteiger partial charge in [0.2, 0.25) is 0 Å². The Hall–Kier alpha value is -3.10. The molecule has 0 aliphatic rings. The summed E-state index contributed by atoms with van der Waals surface area (Å²) >= 11 is 0. The average Bonchev–Trinajstić information content (AvgIpc) is 3.16. The topological polar surface area (TPSA) is 147 Å². The minimum atomic E-state index is -0.671. The molecule has 0 spiro atoms. The maximum atomic E-state index is 13.3. The summed E-state index contributed by atoms with van der Waals surface area (Å²) in [6, 6.07) is 11.2. The molecule has 0 aliphatic heterocycles. The minimum absolute atomic E-state index is 0. The van der Waals surface area contributed by atoms with Gasteiger partial charge in [-0.2, -0.15) is 5.10 Å². The Balaban J connectivity index is 0.00000456. The van der Waals surface area contributed by atoms with Crippen LogP contribution in [0, 0.1) is 11.3 Å². The van der Waals surface area contributed by atoms with E-state index in [4.69, 9.17) is 11.5 Å². The third kappa shape index (κ3) is 5.65. The number of aromatic nitrogens is 3. The maximum Gasteiger partial charge on any atom is 0.276 e. The van der Waals surface area contributed by atoms with Crippen molar-refractivity contribution in [2.75, 3.05) is 11.5 Å². The molecule has 0 saturated heterocycles. The Bertz CT molecular complexity index is 1200. The Morgan fingerprint density at radius 2 is 1.72 bits per heavy atom. The second kappa shape index (κ2) is 11.8. The molecule has 0 saturated carbocycles. The van der Waals surface area contributed by atoms with E-state index in [1.165, 1.54) is 4.57 Å². The second-order valence-corrected chi connectivity index (χ2v) is 10.3. The number of nitrogen functional groups attached to an aromatic ring is 2. The summed E-state index contributed by atoms with van der Waals surface area (Å²) < 4.78 is 3.07. The molecule has 3 rings (SSSR count). The number of nitrogens with two attached hydrogens (primary N) is 2. The van der Waals surface area contributed by atoms with Gasteiger partial charge in [-0.15, -0.1) is 0 Å². The highest BCUT2D eigenvalue weighted by Crippen LogP contribution is 2.36. The van der Waals surface area contributed by atoms with Crippen molar-refractivity contribution >= 4 is 11.5 Å². The number of rotatable bonds is 10. The van der Waals surface area contributed by atoms with Gasteiger partial charge in [-0.3, -0.25) is 4.79 Å². The second-order valence-electron chi connectivity index (χ2n) is 10.3. The summed E-state index contributed by atoms with van der Waals surface area (Å²) in [5.41, 5.74) is 15.8. The number of hydrogen-bond acceptors (Lipinski definition) is 6. The van der Waals surface area contributed by atoms with Crippen LogP contribution in [0.15, 0.2) is 47.4 Å². The Morgan fingerprint density at radius 1 is 1.08 bits per heavy atom. The third-order valence-corrected chi connectivity index (χ3v) is 7.57. The van der Waals surface area contributed by atoms with Crippen LogP contribution in [0.3, 0.4) is 0 Å². The summed E-state index contributed by atoms with van der Waals surface area (Å²) in [6.07, 6.45) is 4.49. The Morgan fingerprint density at radius 3 is 2.31 bits per heavy atom. The van der Waals surface area contributed by atoms with E-state index in [-0.39, 0.29) is 22.8 Å². The lowest BCUT2D eigenvalue weighted by molar-refractivity contribution is 0.0632. The fourth-order valence-corrected chi connectivity index (χ4v) is 4.85. The normalized spacial score (nSPS) is 14.2. The molecular formula is C28H44N6O2. The molecule has 2 heterocycles. The average molecular weight is 497 g/mol. The molecule has 1 aromatic carbocycles. The predicted molar refractivity (Wildman–Crippen MR) is 150 cm³/mol. The van der Waals surface area contributed by atoms with Gasteiger partial charge in [-0.25, -0.2) is 4.68 Å². The highest BCUT2D eigenvalue weighted by molar-refractivity contribution is 5.78. The number of aliphatic hydroxyl groups is 1. The van der Waals surface area contributed by atoms with Crippen LogP contribution in [-0.2, 0) is 6.42 Å². The molecule has 36 heavy (non-hydrogen) atoms. The monoisotopic (exact) mass is 496 g/mol. The van der Waals surface area contributed by atoms with Crippen LogP contribution in [0.4, 0.5) is 11.5 Å². The number of benzene rings is 1. The van der Waals surface area contributed by atoms with Crippen LogP contribution in [0.5, 0.6) is 0 Å². The number of hydrogen-bond donors (Lipinski definition) is 4. The molecule has 0 fully saturated rings. The van der Waals surface area contributed by atoms with Crippen molar-refractivity contribution in [1.82, 2.24) is 20.5 Å². The van der Waals surface area contributed by atoms with Gasteiger partial charge in [0.25, 0.3) is 5.56 Å². The van der Waals surface area contributed by atoms with Gasteiger partial charge in [0.15, 0.2) is 0 Å². The number of nitrogens with zero attached hydrogens (tertiary/aromatic N) is 3. The number of aliphatic hydroxyl groups excluding tert-OH is 1. The van der Waals surface area contributed by atoms with Crippen LogP contribution in [0.25, 0.3) is 16.8 Å². The first-order valence-corrected chi connectivity index (χ1v) is 12.6. The highest BCUT2D eigenvalue weighted by Gasteiger charge is 2.30. The lowest BCUT2D eigenvalue weighted by atomic mass is 9.73. The van der Waals surface area contributed by atoms with Crippen molar-refractivity contribution in [3.8, 4) is 16.8 Å². The van der Waals surface area contributed by atoms with Gasteiger partial charge in [0, 0.05) is 11.8 Å². The zero-order chi connectivity index (χ0) is 25.9. The van der Waals surface area contributed by atoms with E-state index >= 15 is 0 Å². The molecule has 3 atom stereocenters. The van der Waals surface area contributed by atoms with Crippen LogP contribution in [0.1, 0.15) is 72.5 Å². The molecular weight excluding hydrogens is 452 g/mol. The maximum absolute atomic E-state index is 13.3. The zero-order valence-electron chi connectivity index (χ0n) is 22.7. The highest BCUT2D eigenvalue weighted by atomic mass is 16.3.